The molecular weight excluding hydrogens is 252 g/mol. The third kappa shape index (κ3) is 3.15. The average Bonchev–Trinajstić information content (AvgIpc) is 2.94. The molecule has 0 spiro atoms. The van der Waals surface area contributed by atoms with E-state index in [2.05, 4.69) is 25.8 Å². The number of anilines is 1. The number of amides is 1. The molecule has 1 atom stereocenters. The van der Waals surface area contributed by atoms with Crippen molar-refractivity contribution in [2.45, 2.75) is 26.3 Å². The summed E-state index contributed by atoms with van der Waals surface area (Å²) in [6.07, 6.45) is 3.01. The summed E-state index contributed by atoms with van der Waals surface area (Å²) in [4.78, 5) is 16.7. The van der Waals surface area contributed by atoms with E-state index in [1.54, 1.807) is 6.07 Å². The van der Waals surface area contributed by atoms with Crippen molar-refractivity contribution >= 4 is 11.6 Å². The van der Waals surface area contributed by atoms with Gasteiger partial charge >= 0.3 is 0 Å². The zero-order chi connectivity index (χ0) is 14.9. The molecule has 2 N–H and O–H groups in total. The van der Waals surface area contributed by atoms with Gasteiger partial charge in [0.1, 0.15) is 5.69 Å². The normalized spacial score (nSPS) is 19.8. The van der Waals surface area contributed by atoms with Gasteiger partial charge in [0.25, 0.3) is 5.91 Å². The highest BCUT2D eigenvalue weighted by atomic mass is 16.2. The first-order chi connectivity index (χ1) is 9.38. The van der Waals surface area contributed by atoms with Crippen LogP contribution in [0.2, 0.25) is 0 Å². The number of likely N-dealkylation sites (tertiary alicyclic amines) is 1. The van der Waals surface area contributed by atoms with E-state index in [9.17, 15) is 4.79 Å². The number of nitrogen functional groups attached to an aromatic ring is 1. The Morgan fingerprint density at radius 2 is 2.25 bits per heavy atom. The standard InChI is InChI=1S/C15H26N4O/c1-11(2)19-10-13(16)7-14(19)15(20)18(4)9-12-5-6-17(3)8-12/h7,10-12H,5-6,8-9,16H2,1-4H3. The van der Waals surface area contributed by atoms with Crippen LogP contribution < -0.4 is 5.73 Å². The maximum absolute atomic E-state index is 12.6. The van der Waals surface area contributed by atoms with Crippen LogP contribution >= 0.6 is 0 Å². The van der Waals surface area contributed by atoms with Crippen molar-refractivity contribution in [2.75, 3.05) is 39.5 Å². The van der Waals surface area contributed by atoms with Gasteiger partial charge in [-0.2, -0.15) is 0 Å². The van der Waals surface area contributed by atoms with E-state index in [-0.39, 0.29) is 11.9 Å². The molecule has 0 saturated carbocycles. The summed E-state index contributed by atoms with van der Waals surface area (Å²) >= 11 is 0. The van der Waals surface area contributed by atoms with Crippen LogP contribution in [0.5, 0.6) is 0 Å². The maximum atomic E-state index is 12.6. The Kier molecular flexibility index (Phi) is 4.38. The number of nitrogens with two attached hydrogens (primary N) is 1. The Morgan fingerprint density at radius 1 is 1.55 bits per heavy atom. The van der Waals surface area contributed by atoms with Crippen molar-refractivity contribution in [1.29, 1.82) is 0 Å². The average molecular weight is 278 g/mol. The molecule has 1 aromatic rings. The van der Waals surface area contributed by atoms with Gasteiger partial charge in [-0.1, -0.05) is 0 Å². The lowest BCUT2D eigenvalue weighted by molar-refractivity contribution is 0.0761. The second-order valence-corrected chi connectivity index (χ2v) is 6.26. The fourth-order valence-corrected chi connectivity index (χ4v) is 2.94. The van der Waals surface area contributed by atoms with E-state index in [0.717, 1.165) is 19.6 Å². The van der Waals surface area contributed by atoms with Crippen molar-refractivity contribution < 1.29 is 4.79 Å². The molecule has 2 heterocycles. The molecule has 5 nitrogen and oxygen atoms in total. The van der Waals surface area contributed by atoms with E-state index in [1.807, 2.05) is 22.7 Å². The number of carbonyl (C=O) groups is 1. The van der Waals surface area contributed by atoms with Crippen molar-refractivity contribution in [1.82, 2.24) is 14.4 Å². The topological polar surface area (TPSA) is 54.5 Å². The van der Waals surface area contributed by atoms with E-state index in [1.165, 1.54) is 6.42 Å². The maximum Gasteiger partial charge on any atom is 0.270 e. The van der Waals surface area contributed by atoms with Gasteiger partial charge in [-0.15, -0.1) is 0 Å². The lowest BCUT2D eigenvalue weighted by atomic mass is 10.1. The quantitative estimate of drug-likeness (QED) is 0.911. The molecule has 0 aliphatic carbocycles. The summed E-state index contributed by atoms with van der Waals surface area (Å²) in [6, 6.07) is 2.01. The molecule has 0 radical (unpaired) electrons. The Hall–Kier alpha value is -1.49. The second kappa shape index (κ2) is 5.87. The van der Waals surface area contributed by atoms with Crippen LogP contribution in [-0.2, 0) is 0 Å². The van der Waals surface area contributed by atoms with Crippen LogP contribution in [0.25, 0.3) is 0 Å². The van der Waals surface area contributed by atoms with Crippen molar-refractivity contribution in [3.8, 4) is 0 Å². The zero-order valence-electron chi connectivity index (χ0n) is 13.0. The molecule has 1 fully saturated rings. The van der Waals surface area contributed by atoms with Gasteiger partial charge in [0, 0.05) is 32.4 Å². The SMILES string of the molecule is CC(C)n1cc(N)cc1C(=O)N(C)CC1CCN(C)C1. The summed E-state index contributed by atoms with van der Waals surface area (Å²) in [5, 5.41) is 0. The van der Waals surface area contributed by atoms with Crippen molar-refractivity contribution in [3.05, 3.63) is 18.0 Å². The third-order valence-corrected chi connectivity index (χ3v) is 4.01. The van der Waals surface area contributed by atoms with E-state index in [0.29, 0.717) is 17.3 Å². The molecule has 1 aliphatic rings. The molecule has 2 rings (SSSR count). The van der Waals surface area contributed by atoms with Gasteiger partial charge in [0.05, 0.1) is 5.69 Å². The molecule has 1 unspecified atom stereocenters. The number of hydrogen-bond donors (Lipinski definition) is 1. The van der Waals surface area contributed by atoms with Gasteiger partial charge in [-0.05, 0) is 45.8 Å². The molecule has 1 saturated heterocycles. The third-order valence-electron chi connectivity index (χ3n) is 4.01. The summed E-state index contributed by atoms with van der Waals surface area (Å²) in [5.74, 6) is 0.638. The predicted octanol–water partition coefficient (Wildman–Crippen LogP) is 1.67. The molecule has 1 aliphatic heterocycles. The van der Waals surface area contributed by atoms with Crippen LogP contribution in [0.15, 0.2) is 12.3 Å². The predicted molar refractivity (Wildman–Crippen MR) is 81.8 cm³/mol. The largest absolute Gasteiger partial charge is 0.397 e. The lowest BCUT2D eigenvalue weighted by Gasteiger charge is -2.22. The molecule has 112 valence electrons. The minimum absolute atomic E-state index is 0.0601. The lowest BCUT2D eigenvalue weighted by Crippen LogP contribution is -2.34. The van der Waals surface area contributed by atoms with E-state index >= 15 is 0 Å². The van der Waals surface area contributed by atoms with Gasteiger partial charge < -0.3 is 20.1 Å². The smallest absolute Gasteiger partial charge is 0.270 e. The van der Waals surface area contributed by atoms with Crippen LogP contribution in [0.4, 0.5) is 5.69 Å². The first kappa shape index (κ1) is 14.9. The summed E-state index contributed by atoms with van der Waals surface area (Å²) in [5.41, 5.74) is 7.17. The van der Waals surface area contributed by atoms with Gasteiger partial charge in [0.15, 0.2) is 0 Å². The summed E-state index contributed by atoms with van der Waals surface area (Å²) < 4.78 is 1.95. The number of hydrogen-bond acceptors (Lipinski definition) is 3. The summed E-state index contributed by atoms with van der Waals surface area (Å²) in [6.45, 7) is 7.13. The fraction of sp³-hybridized carbons (Fsp3) is 0.667. The highest BCUT2D eigenvalue weighted by molar-refractivity contribution is 5.93. The molecule has 1 aromatic heterocycles. The first-order valence-electron chi connectivity index (χ1n) is 7.29. The van der Waals surface area contributed by atoms with Gasteiger partial charge in [0.2, 0.25) is 0 Å². The van der Waals surface area contributed by atoms with Crippen LogP contribution in [0, 0.1) is 5.92 Å². The fourth-order valence-electron chi connectivity index (χ4n) is 2.94. The molecule has 0 bridgehead atoms. The minimum atomic E-state index is 0.0601. The Balaban J connectivity index is 2.06. The van der Waals surface area contributed by atoms with Crippen LogP contribution in [-0.4, -0.2) is 54.0 Å². The number of nitrogens with zero attached hydrogens (tertiary/aromatic N) is 3. The monoisotopic (exact) mass is 278 g/mol. The Bertz CT molecular complexity index is 480. The zero-order valence-corrected chi connectivity index (χ0v) is 13.0. The number of carbonyl (C=O) groups excluding carboxylic acids is 1. The number of rotatable bonds is 4. The van der Waals surface area contributed by atoms with Gasteiger partial charge in [-0.25, -0.2) is 0 Å². The Morgan fingerprint density at radius 3 is 2.80 bits per heavy atom. The van der Waals surface area contributed by atoms with Gasteiger partial charge in [-0.3, -0.25) is 4.79 Å². The van der Waals surface area contributed by atoms with E-state index in [4.69, 9.17) is 5.73 Å². The highest BCUT2D eigenvalue weighted by Crippen LogP contribution is 2.20. The molecular formula is C15H26N4O. The minimum Gasteiger partial charge on any atom is -0.397 e. The molecule has 5 heteroatoms. The van der Waals surface area contributed by atoms with Crippen molar-refractivity contribution in [2.24, 2.45) is 5.92 Å². The van der Waals surface area contributed by atoms with Crippen LogP contribution in [0.3, 0.4) is 0 Å². The second-order valence-electron chi connectivity index (χ2n) is 6.26. The summed E-state index contributed by atoms with van der Waals surface area (Å²) in [7, 11) is 4.01. The Labute approximate surface area is 121 Å². The highest BCUT2D eigenvalue weighted by Gasteiger charge is 2.24. The first-order valence-corrected chi connectivity index (χ1v) is 7.29. The molecule has 1 amide bonds. The van der Waals surface area contributed by atoms with E-state index < -0.39 is 0 Å². The molecule has 20 heavy (non-hydrogen) atoms. The number of aromatic nitrogens is 1. The van der Waals surface area contributed by atoms with Crippen molar-refractivity contribution in [3.63, 3.8) is 0 Å². The van der Waals surface area contributed by atoms with Crippen LogP contribution in [0.1, 0.15) is 36.8 Å². The molecule has 0 aromatic carbocycles.